The van der Waals surface area contributed by atoms with Crippen molar-refractivity contribution in [1.82, 2.24) is 25.1 Å². The van der Waals surface area contributed by atoms with E-state index in [4.69, 9.17) is 0 Å². The van der Waals surface area contributed by atoms with E-state index >= 15 is 0 Å². The Bertz CT molecular complexity index is 1000. The van der Waals surface area contributed by atoms with Crippen LogP contribution in [-0.2, 0) is 14.4 Å². The summed E-state index contributed by atoms with van der Waals surface area (Å²) in [7, 11) is 0. The van der Waals surface area contributed by atoms with Gasteiger partial charge in [-0.15, -0.1) is 0 Å². The van der Waals surface area contributed by atoms with Crippen molar-refractivity contribution in [3.63, 3.8) is 0 Å². The number of rotatable bonds is 6. The number of amides is 4. The predicted octanol–water partition coefficient (Wildman–Crippen LogP) is 0.437. The minimum absolute atomic E-state index is 0.206. The van der Waals surface area contributed by atoms with Gasteiger partial charge in [0, 0.05) is 31.7 Å². The van der Waals surface area contributed by atoms with Crippen LogP contribution in [0, 0.1) is 0 Å². The summed E-state index contributed by atoms with van der Waals surface area (Å²) in [5.41, 5.74) is 0.928. The molecular formula is C22H24N6O4. The second-order valence-corrected chi connectivity index (χ2v) is 7.74. The van der Waals surface area contributed by atoms with Gasteiger partial charge >= 0.3 is 0 Å². The molecule has 0 unspecified atom stereocenters. The lowest BCUT2D eigenvalue weighted by Gasteiger charge is -2.42. The molecule has 4 amide bonds. The molecule has 0 spiro atoms. The Morgan fingerprint density at radius 2 is 1.72 bits per heavy atom. The lowest BCUT2D eigenvalue weighted by atomic mass is 10.0. The van der Waals surface area contributed by atoms with E-state index in [0.29, 0.717) is 37.2 Å². The number of pyridine rings is 2. The summed E-state index contributed by atoms with van der Waals surface area (Å²) in [6, 6.07) is 5.51. The highest BCUT2D eigenvalue weighted by Gasteiger charge is 2.44. The SMILES string of the molecule is O=C(NCC(=O)N1CC[C@H]1C(=O)N1CCC[C@H]1C(=O)Nc1cccnc1)c1cccnc1. The van der Waals surface area contributed by atoms with Gasteiger partial charge in [-0.05, 0) is 43.5 Å². The van der Waals surface area contributed by atoms with E-state index in [2.05, 4.69) is 20.6 Å². The van der Waals surface area contributed by atoms with Gasteiger partial charge in [-0.1, -0.05) is 0 Å². The van der Waals surface area contributed by atoms with Gasteiger partial charge in [0.05, 0.1) is 24.0 Å². The third kappa shape index (κ3) is 4.58. The van der Waals surface area contributed by atoms with Crippen molar-refractivity contribution in [3.8, 4) is 0 Å². The number of anilines is 1. The Morgan fingerprint density at radius 1 is 0.938 bits per heavy atom. The molecule has 2 saturated heterocycles. The first-order chi connectivity index (χ1) is 15.5. The predicted molar refractivity (Wildman–Crippen MR) is 114 cm³/mol. The fraction of sp³-hybridized carbons (Fsp3) is 0.364. The molecule has 2 aliphatic rings. The molecule has 0 aliphatic carbocycles. The molecule has 10 nitrogen and oxygen atoms in total. The summed E-state index contributed by atoms with van der Waals surface area (Å²) in [5.74, 6) is -1.22. The minimum atomic E-state index is -0.607. The van der Waals surface area contributed by atoms with Crippen molar-refractivity contribution in [1.29, 1.82) is 0 Å². The average Bonchev–Trinajstić information content (AvgIpc) is 3.28. The monoisotopic (exact) mass is 436 g/mol. The van der Waals surface area contributed by atoms with Gasteiger partial charge in [-0.2, -0.15) is 0 Å². The second kappa shape index (κ2) is 9.54. The maximum atomic E-state index is 13.1. The fourth-order valence-electron chi connectivity index (χ4n) is 3.96. The quantitative estimate of drug-likeness (QED) is 0.677. The van der Waals surface area contributed by atoms with Gasteiger partial charge < -0.3 is 20.4 Å². The first kappa shape index (κ1) is 21.4. The number of carbonyl (C=O) groups excluding carboxylic acids is 4. The summed E-state index contributed by atoms with van der Waals surface area (Å²) < 4.78 is 0. The Hall–Kier alpha value is -3.82. The molecular weight excluding hydrogens is 412 g/mol. The zero-order valence-electron chi connectivity index (χ0n) is 17.4. The number of hydrogen-bond donors (Lipinski definition) is 2. The van der Waals surface area contributed by atoms with Gasteiger partial charge in [-0.25, -0.2) is 0 Å². The van der Waals surface area contributed by atoms with Crippen LogP contribution in [-0.4, -0.2) is 75.1 Å². The van der Waals surface area contributed by atoms with E-state index in [-0.39, 0.29) is 24.3 Å². The Morgan fingerprint density at radius 3 is 2.38 bits per heavy atom. The number of hydrogen-bond acceptors (Lipinski definition) is 6. The lowest BCUT2D eigenvalue weighted by Crippen LogP contribution is -2.61. The molecule has 4 heterocycles. The topological polar surface area (TPSA) is 125 Å². The molecule has 2 fully saturated rings. The Balaban J connectivity index is 1.32. The molecule has 0 bridgehead atoms. The molecule has 0 aromatic carbocycles. The van der Waals surface area contributed by atoms with Crippen LogP contribution in [0.2, 0.25) is 0 Å². The van der Waals surface area contributed by atoms with E-state index in [1.54, 1.807) is 47.8 Å². The second-order valence-electron chi connectivity index (χ2n) is 7.74. The van der Waals surface area contributed by atoms with Gasteiger partial charge in [-0.3, -0.25) is 29.1 Å². The molecule has 0 radical (unpaired) electrons. The largest absolute Gasteiger partial charge is 0.343 e. The lowest BCUT2D eigenvalue weighted by molar-refractivity contribution is -0.153. The maximum absolute atomic E-state index is 13.1. The van der Waals surface area contributed by atoms with Crippen LogP contribution >= 0.6 is 0 Å². The summed E-state index contributed by atoms with van der Waals surface area (Å²) in [4.78, 5) is 61.4. The number of nitrogens with zero attached hydrogens (tertiary/aromatic N) is 4. The van der Waals surface area contributed by atoms with Crippen molar-refractivity contribution in [3.05, 3.63) is 54.6 Å². The van der Waals surface area contributed by atoms with Crippen LogP contribution < -0.4 is 10.6 Å². The van der Waals surface area contributed by atoms with Crippen molar-refractivity contribution < 1.29 is 19.2 Å². The van der Waals surface area contributed by atoms with Crippen molar-refractivity contribution in [2.24, 2.45) is 0 Å². The highest BCUT2D eigenvalue weighted by molar-refractivity contribution is 6.00. The smallest absolute Gasteiger partial charge is 0.253 e. The first-order valence-electron chi connectivity index (χ1n) is 10.5. The normalized spacial score (nSPS) is 19.8. The van der Waals surface area contributed by atoms with E-state index < -0.39 is 18.0 Å². The molecule has 0 saturated carbocycles. The molecule has 2 aliphatic heterocycles. The number of likely N-dealkylation sites (tertiary alicyclic amines) is 2. The Labute approximate surface area is 185 Å². The number of aromatic nitrogens is 2. The molecule has 32 heavy (non-hydrogen) atoms. The van der Waals surface area contributed by atoms with Crippen molar-refractivity contribution in [2.45, 2.75) is 31.3 Å². The molecule has 2 atom stereocenters. The molecule has 2 aromatic rings. The summed E-state index contributed by atoms with van der Waals surface area (Å²) >= 11 is 0. The standard InChI is InChI=1S/C22H24N6O4/c29-19(14-25-20(30)15-4-1-8-23-12-15)27-11-7-18(27)22(32)28-10-3-6-17(28)21(31)26-16-5-2-9-24-13-16/h1-2,4-5,8-9,12-13,17-18H,3,6-7,10-11,14H2,(H,25,30)(H,26,31)/t17-,18-/m0/s1. The maximum Gasteiger partial charge on any atom is 0.253 e. The van der Waals surface area contributed by atoms with E-state index in [1.807, 2.05) is 0 Å². The molecule has 4 rings (SSSR count). The zero-order valence-corrected chi connectivity index (χ0v) is 17.4. The van der Waals surface area contributed by atoms with E-state index in [9.17, 15) is 19.2 Å². The van der Waals surface area contributed by atoms with Gasteiger partial charge in [0.25, 0.3) is 5.91 Å². The van der Waals surface area contributed by atoms with Gasteiger partial charge in [0.1, 0.15) is 12.1 Å². The number of carbonyl (C=O) groups is 4. The summed E-state index contributed by atoms with van der Waals surface area (Å²) in [5, 5.41) is 5.36. The van der Waals surface area contributed by atoms with Crippen molar-refractivity contribution in [2.75, 3.05) is 25.0 Å². The summed E-state index contributed by atoms with van der Waals surface area (Å²) in [6.45, 7) is 0.709. The summed E-state index contributed by atoms with van der Waals surface area (Å²) in [6.07, 6.45) is 7.96. The van der Waals surface area contributed by atoms with Gasteiger partial charge in [0.2, 0.25) is 17.7 Å². The molecule has 166 valence electrons. The minimum Gasteiger partial charge on any atom is -0.343 e. The van der Waals surface area contributed by atoms with E-state index in [1.165, 1.54) is 11.1 Å². The van der Waals surface area contributed by atoms with Crippen LogP contribution in [0.3, 0.4) is 0 Å². The van der Waals surface area contributed by atoms with Gasteiger partial charge in [0.15, 0.2) is 0 Å². The van der Waals surface area contributed by atoms with Crippen molar-refractivity contribution >= 4 is 29.3 Å². The average molecular weight is 436 g/mol. The third-order valence-electron chi connectivity index (χ3n) is 5.72. The van der Waals surface area contributed by atoms with Crippen LogP contribution in [0.15, 0.2) is 49.1 Å². The fourth-order valence-corrected chi connectivity index (χ4v) is 3.96. The third-order valence-corrected chi connectivity index (χ3v) is 5.72. The Kier molecular flexibility index (Phi) is 6.39. The van der Waals surface area contributed by atoms with Crippen LogP contribution in [0.1, 0.15) is 29.6 Å². The molecule has 2 aromatic heterocycles. The zero-order chi connectivity index (χ0) is 22.5. The highest BCUT2D eigenvalue weighted by atomic mass is 16.2. The number of nitrogens with one attached hydrogen (secondary N) is 2. The van der Waals surface area contributed by atoms with Crippen LogP contribution in [0.5, 0.6) is 0 Å². The van der Waals surface area contributed by atoms with Crippen LogP contribution in [0.4, 0.5) is 5.69 Å². The molecule has 10 heteroatoms. The first-order valence-corrected chi connectivity index (χ1v) is 10.5. The highest BCUT2D eigenvalue weighted by Crippen LogP contribution is 2.26. The molecule has 2 N–H and O–H groups in total. The van der Waals surface area contributed by atoms with Crippen LogP contribution in [0.25, 0.3) is 0 Å². The van der Waals surface area contributed by atoms with E-state index in [0.717, 1.165) is 6.42 Å².